The number of nitrogen functional groups attached to an aromatic ring is 1. The quantitative estimate of drug-likeness (QED) is 0.651. The van der Waals surface area contributed by atoms with Crippen molar-refractivity contribution in [2.24, 2.45) is 5.92 Å². The molecule has 1 saturated carbocycles. The van der Waals surface area contributed by atoms with E-state index in [1.807, 2.05) is 6.07 Å². The Kier molecular flexibility index (Phi) is 2.59. The monoisotopic (exact) mass is 253 g/mol. The van der Waals surface area contributed by atoms with Crippen molar-refractivity contribution in [3.05, 3.63) is 28.2 Å². The van der Waals surface area contributed by atoms with Crippen molar-refractivity contribution in [1.82, 2.24) is 0 Å². The van der Waals surface area contributed by atoms with Gasteiger partial charge < -0.3 is 5.73 Å². The summed E-state index contributed by atoms with van der Waals surface area (Å²) in [6, 6.07) is 5.38. The molecule has 0 aromatic heterocycles. The highest BCUT2D eigenvalue weighted by Crippen LogP contribution is 2.32. The van der Waals surface area contributed by atoms with Crippen LogP contribution in [0.15, 0.2) is 22.7 Å². The smallest absolute Gasteiger partial charge is 0.167 e. The van der Waals surface area contributed by atoms with Gasteiger partial charge in [-0.1, -0.05) is 22.4 Å². The van der Waals surface area contributed by atoms with E-state index in [0.29, 0.717) is 5.69 Å². The van der Waals surface area contributed by atoms with E-state index < -0.39 is 0 Å². The summed E-state index contributed by atoms with van der Waals surface area (Å²) in [5.41, 5.74) is 7.03. The van der Waals surface area contributed by atoms with E-state index in [1.165, 1.54) is 6.42 Å². The summed E-state index contributed by atoms with van der Waals surface area (Å²) in [4.78, 5) is 11.9. The second-order valence-corrected chi connectivity index (χ2v) is 4.59. The molecule has 0 radical (unpaired) electrons. The summed E-state index contributed by atoms with van der Waals surface area (Å²) in [6.07, 6.45) is 3.23. The van der Waals surface area contributed by atoms with Crippen molar-refractivity contribution < 1.29 is 4.79 Å². The first-order chi connectivity index (χ1) is 6.68. The fourth-order valence-corrected chi connectivity index (χ4v) is 2.06. The maximum atomic E-state index is 11.9. The minimum absolute atomic E-state index is 0.230. The van der Waals surface area contributed by atoms with Crippen LogP contribution >= 0.6 is 15.9 Å². The Balaban J connectivity index is 2.29. The Morgan fingerprint density at radius 1 is 1.43 bits per heavy atom. The number of rotatable bonds is 2. The third kappa shape index (κ3) is 1.69. The van der Waals surface area contributed by atoms with Crippen LogP contribution in [0.2, 0.25) is 0 Å². The number of anilines is 1. The van der Waals surface area contributed by atoms with E-state index >= 15 is 0 Å². The largest absolute Gasteiger partial charge is 0.399 e. The third-order valence-corrected chi connectivity index (χ3v) is 3.42. The minimum Gasteiger partial charge on any atom is -0.399 e. The maximum Gasteiger partial charge on any atom is 0.167 e. The van der Waals surface area contributed by atoms with E-state index in [1.54, 1.807) is 12.1 Å². The molecule has 2 rings (SSSR count). The molecule has 0 saturated heterocycles. The van der Waals surface area contributed by atoms with E-state index in [-0.39, 0.29) is 11.7 Å². The Morgan fingerprint density at radius 3 is 2.71 bits per heavy atom. The molecule has 0 spiro atoms. The Morgan fingerprint density at radius 2 is 2.14 bits per heavy atom. The number of benzene rings is 1. The van der Waals surface area contributed by atoms with E-state index in [0.717, 1.165) is 22.9 Å². The lowest BCUT2D eigenvalue weighted by atomic mass is 9.80. The molecule has 3 heteroatoms. The predicted octanol–water partition coefficient (Wildman–Crippen LogP) is 3.01. The molecule has 0 heterocycles. The highest BCUT2D eigenvalue weighted by molar-refractivity contribution is 9.10. The van der Waals surface area contributed by atoms with Crippen LogP contribution in [0.5, 0.6) is 0 Å². The Labute approximate surface area is 91.6 Å². The molecule has 1 aliphatic carbocycles. The molecule has 1 aromatic rings. The average molecular weight is 254 g/mol. The van der Waals surface area contributed by atoms with Gasteiger partial charge in [0.15, 0.2) is 5.78 Å². The summed E-state index contributed by atoms with van der Waals surface area (Å²) in [7, 11) is 0. The topological polar surface area (TPSA) is 43.1 Å². The molecule has 2 nitrogen and oxygen atoms in total. The maximum absolute atomic E-state index is 11.9. The zero-order chi connectivity index (χ0) is 10.1. The summed E-state index contributed by atoms with van der Waals surface area (Å²) in [6.45, 7) is 0. The molecule has 1 aliphatic rings. The minimum atomic E-state index is 0.230. The number of ketones is 1. The van der Waals surface area contributed by atoms with Gasteiger partial charge in [-0.3, -0.25) is 4.79 Å². The van der Waals surface area contributed by atoms with Gasteiger partial charge in [-0.05, 0) is 31.0 Å². The second kappa shape index (κ2) is 3.73. The standard InChI is InChI=1S/C11H12BrNO/c12-10-5-4-8(13)6-9(10)11(14)7-2-1-3-7/h4-7H,1-3,13H2. The normalized spacial score (nSPS) is 16.4. The molecule has 0 amide bonds. The number of carbonyl (C=O) groups excluding carboxylic acids is 1. The van der Waals surface area contributed by atoms with Crippen LogP contribution in [-0.4, -0.2) is 5.78 Å². The van der Waals surface area contributed by atoms with Gasteiger partial charge in [-0.2, -0.15) is 0 Å². The second-order valence-electron chi connectivity index (χ2n) is 3.73. The lowest BCUT2D eigenvalue weighted by Gasteiger charge is -2.24. The number of carbonyl (C=O) groups is 1. The zero-order valence-electron chi connectivity index (χ0n) is 7.79. The number of hydrogen-bond donors (Lipinski definition) is 1. The SMILES string of the molecule is Nc1ccc(Br)c(C(=O)C2CCC2)c1. The fourth-order valence-electron chi connectivity index (χ4n) is 1.62. The molecule has 14 heavy (non-hydrogen) atoms. The summed E-state index contributed by atoms with van der Waals surface area (Å²) in [5, 5.41) is 0. The third-order valence-electron chi connectivity index (χ3n) is 2.73. The van der Waals surface area contributed by atoms with Gasteiger partial charge in [0.2, 0.25) is 0 Å². The molecular formula is C11H12BrNO. The number of halogens is 1. The average Bonchev–Trinajstić information content (AvgIpc) is 2.06. The number of Topliss-reactive ketones (excluding diaryl/α,β-unsaturated/α-hetero) is 1. The Bertz CT molecular complexity index is 372. The van der Waals surface area contributed by atoms with E-state index in [9.17, 15) is 4.79 Å². The van der Waals surface area contributed by atoms with Crippen LogP contribution in [0.25, 0.3) is 0 Å². The summed E-state index contributed by atoms with van der Waals surface area (Å²) in [5.74, 6) is 0.462. The molecule has 0 atom stereocenters. The molecule has 0 aliphatic heterocycles. The highest BCUT2D eigenvalue weighted by atomic mass is 79.9. The van der Waals surface area contributed by atoms with Crippen molar-refractivity contribution >= 4 is 27.4 Å². The van der Waals surface area contributed by atoms with Crippen molar-refractivity contribution in [1.29, 1.82) is 0 Å². The van der Waals surface area contributed by atoms with Crippen LogP contribution in [0.4, 0.5) is 5.69 Å². The van der Waals surface area contributed by atoms with Crippen molar-refractivity contribution in [3.8, 4) is 0 Å². The van der Waals surface area contributed by atoms with Gasteiger partial charge in [0.25, 0.3) is 0 Å². The van der Waals surface area contributed by atoms with Crippen molar-refractivity contribution in [2.75, 3.05) is 5.73 Å². The number of hydrogen-bond acceptors (Lipinski definition) is 2. The van der Waals surface area contributed by atoms with Gasteiger partial charge in [-0.25, -0.2) is 0 Å². The highest BCUT2D eigenvalue weighted by Gasteiger charge is 2.27. The van der Waals surface area contributed by atoms with E-state index in [4.69, 9.17) is 5.73 Å². The van der Waals surface area contributed by atoms with Crippen molar-refractivity contribution in [2.45, 2.75) is 19.3 Å². The molecule has 0 unspecified atom stereocenters. The Hall–Kier alpha value is -0.830. The molecule has 1 aromatic carbocycles. The van der Waals surface area contributed by atoms with Crippen LogP contribution in [0, 0.1) is 5.92 Å². The lowest BCUT2D eigenvalue weighted by molar-refractivity contribution is 0.0854. The molecule has 1 fully saturated rings. The molecular weight excluding hydrogens is 242 g/mol. The van der Waals surface area contributed by atoms with Gasteiger partial charge in [0.1, 0.15) is 0 Å². The fraction of sp³-hybridized carbons (Fsp3) is 0.364. The molecule has 74 valence electrons. The first-order valence-corrected chi connectivity index (χ1v) is 5.57. The van der Waals surface area contributed by atoms with Gasteiger partial charge in [0.05, 0.1) is 0 Å². The van der Waals surface area contributed by atoms with Gasteiger partial charge in [0, 0.05) is 21.6 Å². The summed E-state index contributed by atoms with van der Waals surface area (Å²) >= 11 is 3.38. The van der Waals surface area contributed by atoms with Crippen LogP contribution in [0.1, 0.15) is 29.6 Å². The summed E-state index contributed by atoms with van der Waals surface area (Å²) < 4.78 is 0.851. The first kappa shape index (κ1) is 9.71. The van der Waals surface area contributed by atoms with Crippen LogP contribution in [0.3, 0.4) is 0 Å². The molecule has 2 N–H and O–H groups in total. The lowest BCUT2D eigenvalue weighted by Crippen LogP contribution is -2.22. The van der Waals surface area contributed by atoms with Crippen LogP contribution < -0.4 is 5.73 Å². The molecule has 0 bridgehead atoms. The van der Waals surface area contributed by atoms with Gasteiger partial charge in [-0.15, -0.1) is 0 Å². The predicted molar refractivity (Wildman–Crippen MR) is 60.2 cm³/mol. The number of nitrogens with two attached hydrogens (primary N) is 1. The first-order valence-electron chi connectivity index (χ1n) is 4.77. The zero-order valence-corrected chi connectivity index (χ0v) is 9.38. The van der Waals surface area contributed by atoms with Gasteiger partial charge >= 0.3 is 0 Å². The van der Waals surface area contributed by atoms with Crippen molar-refractivity contribution in [3.63, 3.8) is 0 Å². The van der Waals surface area contributed by atoms with E-state index in [2.05, 4.69) is 15.9 Å². The van der Waals surface area contributed by atoms with Crippen LogP contribution in [-0.2, 0) is 0 Å².